The molecular formula is C42H30N4S. The summed E-state index contributed by atoms with van der Waals surface area (Å²) in [6.45, 7) is 0. The zero-order valence-electron chi connectivity index (χ0n) is 25.8. The van der Waals surface area contributed by atoms with Gasteiger partial charge in [0, 0.05) is 44.2 Å². The molecule has 0 aliphatic carbocycles. The van der Waals surface area contributed by atoms with E-state index in [1.54, 1.807) is 0 Å². The van der Waals surface area contributed by atoms with Gasteiger partial charge in [0.2, 0.25) is 0 Å². The van der Waals surface area contributed by atoms with E-state index in [4.69, 9.17) is 9.98 Å². The molecule has 6 aromatic carbocycles. The van der Waals surface area contributed by atoms with Crippen molar-refractivity contribution in [3.05, 3.63) is 174 Å². The van der Waals surface area contributed by atoms with Crippen molar-refractivity contribution < 1.29 is 0 Å². The molecule has 3 heterocycles. The molecule has 0 amide bonds. The topological polar surface area (TPSA) is 32.9 Å². The molecule has 0 bridgehead atoms. The minimum Gasteiger partial charge on any atom is -0.333 e. The smallest absolute Gasteiger partial charge is 0.159 e. The van der Waals surface area contributed by atoms with Crippen LogP contribution in [0.5, 0.6) is 0 Å². The van der Waals surface area contributed by atoms with Crippen molar-refractivity contribution in [2.75, 3.05) is 7.05 Å². The van der Waals surface area contributed by atoms with Crippen molar-refractivity contribution in [3.8, 4) is 16.1 Å². The number of aliphatic imine (C=N–C) groups is 2. The predicted molar refractivity (Wildman–Crippen MR) is 198 cm³/mol. The summed E-state index contributed by atoms with van der Waals surface area (Å²) in [4.78, 5) is 13.7. The lowest BCUT2D eigenvalue weighted by Gasteiger charge is -2.32. The van der Waals surface area contributed by atoms with Gasteiger partial charge in [-0.2, -0.15) is 0 Å². The first-order valence-electron chi connectivity index (χ1n) is 15.8. The number of benzene rings is 6. The first-order chi connectivity index (χ1) is 23.2. The van der Waals surface area contributed by atoms with Gasteiger partial charge >= 0.3 is 0 Å². The Kier molecular flexibility index (Phi) is 6.58. The zero-order chi connectivity index (χ0) is 31.3. The average Bonchev–Trinajstić information content (AvgIpc) is 3.73. The third-order valence-electron chi connectivity index (χ3n) is 9.05. The molecular weight excluding hydrogens is 593 g/mol. The summed E-state index contributed by atoms with van der Waals surface area (Å²) in [6.07, 6.45) is -0.176. The Morgan fingerprint density at radius 1 is 0.596 bits per heavy atom. The molecule has 4 nitrogen and oxygen atoms in total. The van der Waals surface area contributed by atoms with Gasteiger partial charge in [0.05, 0.1) is 11.0 Å². The molecule has 0 saturated heterocycles. The number of fused-ring (bicyclic) bond motifs is 5. The van der Waals surface area contributed by atoms with E-state index in [2.05, 4.69) is 150 Å². The molecule has 0 saturated carbocycles. The van der Waals surface area contributed by atoms with Crippen LogP contribution < -0.4 is 0 Å². The van der Waals surface area contributed by atoms with Crippen LogP contribution in [0.3, 0.4) is 0 Å². The van der Waals surface area contributed by atoms with Crippen LogP contribution in [0.25, 0.3) is 48.0 Å². The van der Waals surface area contributed by atoms with Gasteiger partial charge in [-0.05, 0) is 59.0 Å². The number of amidine groups is 2. The van der Waals surface area contributed by atoms with E-state index in [1.165, 1.54) is 42.3 Å². The normalized spacial score (nSPS) is 14.9. The zero-order valence-corrected chi connectivity index (χ0v) is 26.6. The summed E-state index contributed by atoms with van der Waals surface area (Å²) in [5.74, 6) is 1.64. The molecule has 5 heteroatoms. The number of hydrogen-bond acceptors (Lipinski definition) is 4. The fraction of sp³-hybridized carbons (Fsp3) is 0.0476. The third kappa shape index (κ3) is 4.67. The van der Waals surface area contributed by atoms with Gasteiger partial charge < -0.3 is 9.47 Å². The molecule has 9 rings (SSSR count). The largest absolute Gasteiger partial charge is 0.333 e. The van der Waals surface area contributed by atoms with Crippen molar-refractivity contribution in [1.82, 2.24) is 9.47 Å². The number of hydrogen-bond donors (Lipinski definition) is 0. The first-order valence-corrected chi connectivity index (χ1v) is 16.7. The van der Waals surface area contributed by atoms with Crippen molar-refractivity contribution >= 4 is 54.9 Å². The van der Waals surface area contributed by atoms with Gasteiger partial charge in [-0.15, -0.1) is 11.3 Å². The van der Waals surface area contributed by atoms with Gasteiger partial charge in [-0.1, -0.05) is 115 Å². The Labute approximate surface area is 277 Å². The van der Waals surface area contributed by atoms with E-state index in [9.17, 15) is 0 Å². The second-order valence-electron chi connectivity index (χ2n) is 11.9. The Balaban J connectivity index is 1.16. The maximum atomic E-state index is 5.12. The summed E-state index contributed by atoms with van der Waals surface area (Å²) in [5.41, 5.74) is 7.98. The van der Waals surface area contributed by atoms with Crippen LogP contribution in [0, 0.1) is 0 Å². The second kappa shape index (κ2) is 11.2. The lowest BCUT2D eigenvalue weighted by atomic mass is 10.1. The summed E-state index contributed by atoms with van der Waals surface area (Å²) < 4.78 is 3.72. The standard InChI is InChI=1S/C42H30N4S/c1-45-41(30-17-9-4-10-18-30)43-40(29-15-7-3-8-16-29)44-42(45)31-21-24-33(25-22-31)46-35-20-12-11-19-34(35)38-36(46)26-23-32-27-37(47-39(32)38)28-13-5-2-6-14-28/h2-27,41H,1H3. The highest BCUT2D eigenvalue weighted by Gasteiger charge is 2.27. The molecule has 1 aliphatic rings. The number of aromatic nitrogens is 1. The molecule has 0 spiro atoms. The van der Waals surface area contributed by atoms with Gasteiger partial charge in [0.1, 0.15) is 12.0 Å². The quantitative estimate of drug-likeness (QED) is 0.188. The number of rotatable bonds is 5. The van der Waals surface area contributed by atoms with Crippen LogP contribution in [0.2, 0.25) is 0 Å². The molecule has 0 N–H and O–H groups in total. The molecule has 0 radical (unpaired) electrons. The summed E-state index contributed by atoms with van der Waals surface area (Å²) in [7, 11) is 2.08. The van der Waals surface area contributed by atoms with Crippen LogP contribution in [0.4, 0.5) is 0 Å². The van der Waals surface area contributed by atoms with Crippen LogP contribution in [0.15, 0.2) is 168 Å². The average molecular weight is 623 g/mol. The highest BCUT2D eigenvalue weighted by Crippen LogP contribution is 2.42. The molecule has 8 aromatic rings. The fourth-order valence-corrected chi connectivity index (χ4v) is 8.00. The Bertz CT molecular complexity index is 2460. The van der Waals surface area contributed by atoms with Crippen molar-refractivity contribution in [2.45, 2.75) is 6.17 Å². The van der Waals surface area contributed by atoms with Crippen molar-refractivity contribution in [1.29, 1.82) is 0 Å². The molecule has 47 heavy (non-hydrogen) atoms. The maximum Gasteiger partial charge on any atom is 0.159 e. The van der Waals surface area contributed by atoms with Crippen LogP contribution in [-0.2, 0) is 0 Å². The lowest BCUT2D eigenvalue weighted by molar-refractivity contribution is 0.383. The van der Waals surface area contributed by atoms with Gasteiger partial charge in [-0.25, -0.2) is 9.98 Å². The minimum atomic E-state index is -0.176. The Morgan fingerprint density at radius 2 is 1.26 bits per heavy atom. The lowest BCUT2D eigenvalue weighted by Crippen LogP contribution is -2.35. The maximum absolute atomic E-state index is 5.12. The number of nitrogens with zero attached hydrogens (tertiary/aromatic N) is 4. The third-order valence-corrected chi connectivity index (χ3v) is 10.3. The molecule has 2 aromatic heterocycles. The van der Waals surface area contributed by atoms with E-state index < -0.39 is 0 Å². The van der Waals surface area contributed by atoms with Gasteiger partial charge in [-0.3, -0.25) is 0 Å². The Hall–Kier alpha value is -5.78. The van der Waals surface area contributed by atoms with Crippen LogP contribution >= 0.6 is 11.3 Å². The molecule has 1 atom stereocenters. The highest BCUT2D eigenvalue weighted by atomic mass is 32.1. The van der Waals surface area contributed by atoms with E-state index in [0.717, 1.165) is 34.0 Å². The highest BCUT2D eigenvalue weighted by molar-refractivity contribution is 7.23. The minimum absolute atomic E-state index is 0.176. The van der Waals surface area contributed by atoms with E-state index in [0.29, 0.717) is 0 Å². The SMILES string of the molecule is CN1C(c2ccc(-n3c4ccccc4c4c5sc(-c6ccccc6)cc5ccc43)cc2)=NC(c2ccccc2)=NC1c1ccccc1. The monoisotopic (exact) mass is 622 g/mol. The van der Waals surface area contributed by atoms with Crippen molar-refractivity contribution in [2.24, 2.45) is 9.98 Å². The van der Waals surface area contributed by atoms with Crippen LogP contribution in [0.1, 0.15) is 22.9 Å². The second-order valence-corrected chi connectivity index (χ2v) is 13.0. The predicted octanol–water partition coefficient (Wildman–Crippen LogP) is 10.5. The first kappa shape index (κ1) is 27.5. The fourth-order valence-electron chi connectivity index (χ4n) is 6.78. The molecule has 1 aliphatic heterocycles. The van der Waals surface area contributed by atoms with Crippen LogP contribution in [-0.4, -0.2) is 28.2 Å². The summed E-state index contributed by atoms with van der Waals surface area (Å²) in [5, 5.41) is 3.85. The van der Waals surface area contributed by atoms with Gasteiger partial charge in [0.15, 0.2) is 5.84 Å². The summed E-state index contributed by atoms with van der Waals surface area (Å²) in [6, 6.07) is 55.8. The molecule has 224 valence electrons. The van der Waals surface area contributed by atoms with E-state index in [-0.39, 0.29) is 6.17 Å². The number of para-hydroxylation sites is 1. The van der Waals surface area contributed by atoms with E-state index >= 15 is 0 Å². The van der Waals surface area contributed by atoms with Crippen molar-refractivity contribution in [3.63, 3.8) is 0 Å². The molecule has 0 fully saturated rings. The Morgan fingerprint density at radius 3 is 2.00 bits per heavy atom. The summed E-state index contributed by atoms with van der Waals surface area (Å²) >= 11 is 1.88. The van der Waals surface area contributed by atoms with Gasteiger partial charge in [0.25, 0.3) is 0 Å². The van der Waals surface area contributed by atoms with E-state index in [1.807, 2.05) is 35.6 Å². The number of thiophene rings is 1. The molecule has 1 unspecified atom stereocenters.